The van der Waals surface area contributed by atoms with Gasteiger partial charge in [-0.2, -0.15) is 0 Å². The molecule has 2 unspecified atom stereocenters. The van der Waals surface area contributed by atoms with Crippen LogP contribution in [0.5, 0.6) is 11.5 Å². The summed E-state index contributed by atoms with van der Waals surface area (Å²) < 4.78 is 10.6. The van der Waals surface area contributed by atoms with Crippen molar-refractivity contribution in [3.05, 3.63) is 23.8 Å². The van der Waals surface area contributed by atoms with E-state index in [9.17, 15) is 0 Å². The summed E-state index contributed by atoms with van der Waals surface area (Å²) in [6.45, 7) is 3.36. The molecule has 1 aromatic carbocycles. The van der Waals surface area contributed by atoms with Crippen LogP contribution >= 0.6 is 0 Å². The van der Waals surface area contributed by atoms with Gasteiger partial charge < -0.3 is 14.8 Å². The molecule has 0 aliphatic carbocycles. The van der Waals surface area contributed by atoms with Gasteiger partial charge in [0.2, 0.25) is 0 Å². The Morgan fingerprint density at radius 1 is 1.25 bits per heavy atom. The number of ether oxygens (including phenoxy) is 2. The second-order valence-electron chi connectivity index (χ2n) is 4.31. The molecule has 1 aliphatic rings. The number of benzene rings is 1. The Morgan fingerprint density at radius 3 is 2.62 bits per heavy atom. The molecule has 2 rings (SSSR count). The molecule has 3 heteroatoms. The van der Waals surface area contributed by atoms with Crippen molar-refractivity contribution in [2.24, 2.45) is 5.92 Å². The first kappa shape index (κ1) is 11.3. The van der Waals surface area contributed by atoms with Crippen molar-refractivity contribution in [3.8, 4) is 11.5 Å². The van der Waals surface area contributed by atoms with Gasteiger partial charge in [0.05, 0.1) is 14.2 Å². The molecule has 0 saturated carbocycles. The molecule has 16 heavy (non-hydrogen) atoms. The molecule has 1 aliphatic heterocycles. The van der Waals surface area contributed by atoms with Crippen LogP contribution in [0.3, 0.4) is 0 Å². The summed E-state index contributed by atoms with van der Waals surface area (Å²) in [7, 11) is 3.38. The minimum atomic E-state index is 0.404. The first-order chi connectivity index (χ1) is 7.76. The monoisotopic (exact) mass is 221 g/mol. The Labute approximate surface area is 96.8 Å². The highest BCUT2D eigenvalue weighted by atomic mass is 16.5. The van der Waals surface area contributed by atoms with Crippen molar-refractivity contribution in [3.63, 3.8) is 0 Å². The van der Waals surface area contributed by atoms with Crippen molar-refractivity contribution in [1.29, 1.82) is 0 Å². The minimum Gasteiger partial charge on any atom is -0.497 e. The summed E-state index contributed by atoms with van der Waals surface area (Å²) in [6.07, 6.45) is 1.22. The Balaban J connectivity index is 2.32. The predicted molar refractivity (Wildman–Crippen MR) is 64.1 cm³/mol. The van der Waals surface area contributed by atoms with Crippen molar-refractivity contribution >= 4 is 0 Å². The summed E-state index contributed by atoms with van der Waals surface area (Å²) in [4.78, 5) is 0. The maximum absolute atomic E-state index is 5.43. The fourth-order valence-corrected chi connectivity index (χ4v) is 2.33. The molecule has 1 fully saturated rings. The maximum atomic E-state index is 5.43. The lowest BCUT2D eigenvalue weighted by atomic mass is 9.95. The number of nitrogens with one attached hydrogen (secondary N) is 1. The molecule has 1 saturated heterocycles. The quantitative estimate of drug-likeness (QED) is 0.850. The summed E-state index contributed by atoms with van der Waals surface area (Å²) in [6, 6.07) is 6.44. The standard InChI is InChI=1S/C13H19NO2/c1-9-6-7-14-13(9)11-5-4-10(15-2)8-12(11)16-3/h4-5,8-9,13-14H,6-7H2,1-3H3. The zero-order valence-corrected chi connectivity index (χ0v) is 10.1. The minimum absolute atomic E-state index is 0.404. The van der Waals surface area contributed by atoms with Crippen molar-refractivity contribution in [2.45, 2.75) is 19.4 Å². The molecule has 0 aromatic heterocycles. The fourth-order valence-electron chi connectivity index (χ4n) is 2.33. The lowest BCUT2D eigenvalue weighted by Gasteiger charge is -2.19. The SMILES string of the molecule is COc1ccc(C2NCCC2C)c(OC)c1. The average Bonchev–Trinajstić information content (AvgIpc) is 2.74. The second kappa shape index (κ2) is 4.74. The summed E-state index contributed by atoms with van der Waals surface area (Å²) in [5.41, 5.74) is 1.23. The van der Waals surface area contributed by atoms with E-state index in [-0.39, 0.29) is 0 Å². The van der Waals surface area contributed by atoms with Crippen LogP contribution in [0.1, 0.15) is 24.9 Å². The third kappa shape index (κ3) is 2.00. The predicted octanol–water partition coefficient (Wildman–Crippen LogP) is 2.37. The van der Waals surface area contributed by atoms with Crippen LogP contribution in [0.25, 0.3) is 0 Å². The highest BCUT2D eigenvalue weighted by Crippen LogP contribution is 2.36. The average molecular weight is 221 g/mol. The van der Waals surface area contributed by atoms with Gasteiger partial charge >= 0.3 is 0 Å². The normalized spacial score (nSPS) is 24.4. The molecule has 0 amide bonds. The van der Waals surface area contributed by atoms with Crippen LogP contribution in [0.4, 0.5) is 0 Å². The summed E-state index contributed by atoms with van der Waals surface area (Å²) in [5, 5.41) is 3.51. The lowest BCUT2D eigenvalue weighted by Crippen LogP contribution is -2.17. The molecule has 88 valence electrons. The zero-order valence-electron chi connectivity index (χ0n) is 10.1. The summed E-state index contributed by atoms with van der Waals surface area (Å²) >= 11 is 0. The van der Waals surface area contributed by atoms with Crippen LogP contribution < -0.4 is 14.8 Å². The van der Waals surface area contributed by atoms with E-state index in [0.717, 1.165) is 18.0 Å². The van der Waals surface area contributed by atoms with Gasteiger partial charge in [-0.1, -0.05) is 13.0 Å². The molecule has 1 N–H and O–H groups in total. The maximum Gasteiger partial charge on any atom is 0.127 e. The summed E-state index contributed by atoms with van der Waals surface area (Å²) in [5.74, 6) is 2.40. The first-order valence-corrected chi connectivity index (χ1v) is 5.71. The highest BCUT2D eigenvalue weighted by Gasteiger charge is 2.26. The van der Waals surface area contributed by atoms with Gasteiger partial charge in [0.1, 0.15) is 11.5 Å². The van der Waals surface area contributed by atoms with E-state index in [1.54, 1.807) is 14.2 Å². The molecular weight excluding hydrogens is 202 g/mol. The van der Waals surface area contributed by atoms with E-state index in [4.69, 9.17) is 9.47 Å². The number of hydrogen-bond donors (Lipinski definition) is 1. The van der Waals surface area contributed by atoms with Gasteiger partial charge in [0.25, 0.3) is 0 Å². The Hall–Kier alpha value is -1.22. The largest absolute Gasteiger partial charge is 0.497 e. The van der Waals surface area contributed by atoms with E-state index in [1.165, 1.54) is 12.0 Å². The molecule has 1 heterocycles. The third-order valence-electron chi connectivity index (χ3n) is 3.31. The van der Waals surface area contributed by atoms with Crippen LogP contribution in [-0.4, -0.2) is 20.8 Å². The number of methoxy groups -OCH3 is 2. The molecular formula is C13H19NO2. The molecule has 0 radical (unpaired) electrons. The van der Waals surface area contributed by atoms with E-state index >= 15 is 0 Å². The molecule has 0 bridgehead atoms. The Morgan fingerprint density at radius 2 is 2.06 bits per heavy atom. The van der Waals surface area contributed by atoms with E-state index in [1.807, 2.05) is 12.1 Å². The van der Waals surface area contributed by atoms with Crippen LogP contribution in [-0.2, 0) is 0 Å². The van der Waals surface area contributed by atoms with Gasteiger partial charge in [-0.25, -0.2) is 0 Å². The molecule has 2 atom stereocenters. The van der Waals surface area contributed by atoms with Gasteiger partial charge in [-0.15, -0.1) is 0 Å². The molecule has 3 nitrogen and oxygen atoms in total. The van der Waals surface area contributed by atoms with Gasteiger partial charge in [0.15, 0.2) is 0 Å². The van der Waals surface area contributed by atoms with E-state index in [2.05, 4.69) is 18.3 Å². The molecule has 1 aromatic rings. The van der Waals surface area contributed by atoms with Crippen LogP contribution in [0.15, 0.2) is 18.2 Å². The third-order valence-corrected chi connectivity index (χ3v) is 3.31. The van der Waals surface area contributed by atoms with E-state index < -0.39 is 0 Å². The smallest absolute Gasteiger partial charge is 0.127 e. The Bertz CT molecular complexity index is 365. The second-order valence-corrected chi connectivity index (χ2v) is 4.31. The van der Waals surface area contributed by atoms with Crippen LogP contribution in [0.2, 0.25) is 0 Å². The number of rotatable bonds is 3. The van der Waals surface area contributed by atoms with Crippen molar-refractivity contribution in [1.82, 2.24) is 5.32 Å². The molecule has 0 spiro atoms. The zero-order chi connectivity index (χ0) is 11.5. The van der Waals surface area contributed by atoms with Crippen molar-refractivity contribution in [2.75, 3.05) is 20.8 Å². The lowest BCUT2D eigenvalue weighted by molar-refractivity contribution is 0.381. The van der Waals surface area contributed by atoms with Gasteiger partial charge in [0, 0.05) is 17.7 Å². The fraction of sp³-hybridized carbons (Fsp3) is 0.538. The highest BCUT2D eigenvalue weighted by molar-refractivity contribution is 5.43. The van der Waals surface area contributed by atoms with E-state index in [0.29, 0.717) is 12.0 Å². The topological polar surface area (TPSA) is 30.5 Å². The van der Waals surface area contributed by atoms with Crippen molar-refractivity contribution < 1.29 is 9.47 Å². The first-order valence-electron chi connectivity index (χ1n) is 5.71. The van der Waals surface area contributed by atoms with Crippen LogP contribution in [0, 0.1) is 5.92 Å². The number of hydrogen-bond acceptors (Lipinski definition) is 3. The Kier molecular flexibility index (Phi) is 3.34. The van der Waals surface area contributed by atoms with Gasteiger partial charge in [-0.3, -0.25) is 0 Å². The van der Waals surface area contributed by atoms with Gasteiger partial charge in [-0.05, 0) is 24.9 Å².